The van der Waals surface area contributed by atoms with Gasteiger partial charge >= 0.3 is 5.97 Å². The van der Waals surface area contributed by atoms with Crippen molar-refractivity contribution in [2.45, 2.75) is 45.7 Å². The average molecular weight is 583 g/mol. The summed E-state index contributed by atoms with van der Waals surface area (Å²) in [5.41, 5.74) is 9.88. The first-order chi connectivity index (χ1) is 18.9. The zero-order valence-electron chi connectivity index (χ0n) is 23.2. The molecule has 3 rings (SSSR count). The monoisotopic (exact) mass is 582 g/mol. The molecule has 213 valence electrons. The standard InChI is InChI=1S/C31H39N4O4.V/c1-4-10-29(34(19-18-31(36)38-5-2)22-27-13-9-20-39-27)30(21-24-11-7-6-8-12-24)35(33)23-28(32)25-14-16-26(37-3)17-15-25;/h6-17,20,23,30H,3-5,18-19,21-22,32-33H2,1-2H3;/q-1;/b28-23-,29-10-;. The number of allylic oxidation sites excluding steroid dienone is 1. The van der Waals surface area contributed by atoms with E-state index in [1.54, 1.807) is 36.5 Å². The zero-order valence-corrected chi connectivity index (χ0v) is 24.6. The Morgan fingerprint density at radius 1 is 1.07 bits per heavy atom. The molecule has 40 heavy (non-hydrogen) atoms. The molecule has 0 aliphatic heterocycles. The van der Waals surface area contributed by atoms with Crippen LogP contribution in [0.25, 0.3) is 5.70 Å². The van der Waals surface area contributed by atoms with Gasteiger partial charge in [0.1, 0.15) is 5.76 Å². The van der Waals surface area contributed by atoms with Gasteiger partial charge in [0, 0.05) is 37.0 Å². The molecule has 8 nitrogen and oxygen atoms in total. The van der Waals surface area contributed by atoms with E-state index in [4.69, 9.17) is 25.5 Å². The minimum absolute atomic E-state index is 0. The Morgan fingerprint density at radius 2 is 1.80 bits per heavy atom. The fraction of sp³-hybridized carbons (Fsp3) is 0.290. The molecule has 2 aromatic carbocycles. The molecule has 0 aliphatic carbocycles. The van der Waals surface area contributed by atoms with Crippen molar-refractivity contribution < 1.29 is 37.2 Å². The molecule has 1 atom stereocenters. The second-order valence-corrected chi connectivity index (χ2v) is 9.00. The van der Waals surface area contributed by atoms with E-state index < -0.39 is 0 Å². The number of hydrogen-bond acceptors (Lipinski definition) is 8. The van der Waals surface area contributed by atoms with Crippen molar-refractivity contribution >= 4 is 11.7 Å². The number of ether oxygens (including phenoxy) is 2. The maximum absolute atomic E-state index is 12.3. The van der Waals surface area contributed by atoms with Crippen molar-refractivity contribution in [2.24, 2.45) is 11.6 Å². The Balaban J connectivity index is 0.00000560. The molecule has 4 N–H and O–H groups in total. The predicted molar refractivity (Wildman–Crippen MR) is 153 cm³/mol. The summed E-state index contributed by atoms with van der Waals surface area (Å²) in [6, 6.07) is 21.0. The molecule has 1 unspecified atom stereocenters. The number of furan rings is 1. The van der Waals surface area contributed by atoms with Gasteiger partial charge in [0.25, 0.3) is 0 Å². The van der Waals surface area contributed by atoms with Crippen LogP contribution in [0.15, 0.2) is 95.4 Å². The normalized spacial score (nSPS) is 12.3. The number of hydrazine groups is 1. The van der Waals surface area contributed by atoms with Gasteiger partial charge in [-0.15, -0.1) is 0 Å². The van der Waals surface area contributed by atoms with E-state index in [1.807, 2.05) is 42.5 Å². The maximum atomic E-state index is 12.3. The number of hydrogen-bond donors (Lipinski definition) is 2. The van der Waals surface area contributed by atoms with Crippen molar-refractivity contribution in [1.82, 2.24) is 9.91 Å². The van der Waals surface area contributed by atoms with Gasteiger partial charge in [-0.2, -0.15) is 7.11 Å². The quantitative estimate of drug-likeness (QED) is 0.108. The zero-order chi connectivity index (χ0) is 28.0. The van der Waals surface area contributed by atoms with E-state index in [2.05, 4.69) is 37.1 Å². The summed E-state index contributed by atoms with van der Waals surface area (Å²) in [7, 11) is 3.44. The minimum atomic E-state index is -0.287. The number of rotatable bonds is 15. The summed E-state index contributed by atoms with van der Waals surface area (Å²) < 4.78 is 15.9. The van der Waals surface area contributed by atoms with Gasteiger partial charge in [0.05, 0.1) is 43.3 Å². The third kappa shape index (κ3) is 9.86. The molecule has 9 heteroatoms. The second-order valence-electron chi connectivity index (χ2n) is 9.00. The Labute approximate surface area is 249 Å². The van der Waals surface area contributed by atoms with Gasteiger partial charge in [-0.1, -0.05) is 43.3 Å². The molecule has 1 heterocycles. The third-order valence-electron chi connectivity index (χ3n) is 6.21. The van der Waals surface area contributed by atoms with Crippen molar-refractivity contribution in [3.05, 3.63) is 115 Å². The van der Waals surface area contributed by atoms with Crippen LogP contribution in [-0.2, 0) is 41.1 Å². The van der Waals surface area contributed by atoms with Gasteiger partial charge in [0.15, 0.2) is 0 Å². The van der Waals surface area contributed by atoms with Crippen LogP contribution >= 0.6 is 0 Å². The average Bonchev–Trinajstić information content (AvgIpc) is 3.47. The van der Waals surface area contributed by atoms with Crippen LogP contribution in [0.3, 0.4) is 0 Å². The van der Waals surface area contributed by atoms with E-state index in [9.17, 15) is 4.79 Å². The summed E-state index contributed by atoms with van der Waals surface area (Å²) in [4.78, 5) is 14.4. The van der Waals surface area contributed by atoms with Crippen LogP contribution in [0.5, 0.6) is 5.75 Å². The number of esters is 1. The van der Waals surface area contributed by atoms with Crippen LogP contribution in [0.4, 0.5) is 0 Å². The molecule has 0 aliphatic rings. The number of carbonyl (C=O) groups excluding carboxylic acids is 1. The van der Waals surface area contributed by atoms with E-state index in [0.717, 1.165) is 29.0 Å². The Bertz CT molecular complexity index is 1200. The van der Waals surface area contributed by atoms with Crippen molar-refractivity contribution in [1.29, 1.82) is 0 Å². The summed E-state index contributed by atoms with van der Waals surface area (Å²) >= 11 is 0. The number of benzene rings is 2. The maximum Gasteiger partial charge on any atom is 0.307 e. The molecular formula is C31H39N4O4V-. The van der Waals surface area contributed by atoms with E-state index >= 15 is 0 Å². The van der Waals surface area contributed by atoms with Crippen LogP contribution < -0.4 is 16.3 Å². The van der Waals surface area contributed by atoms with Gasteiger partial charge in [-0.3, -0.25) is 4.79 Å². The second kappa shape index (κ2) is 17.2. The Kier molecular flexibility index (Phi) is 14.0. The molecule has 1 aromatic heterocycles. The van der Waals surface area contributed by atoms with E-state index in [1.165, 1.54) is 0 Å². The molecule has 0 bridgehead atoms. The molecule has 0 saturated heterocycles. The van der Waals surface area contributed by atoms with Gasteiger partial charge in [-0.25, -0.2) is 5.84 Å². The molecule has 3 aromatic rings. The minimum Gasteiger partial charge on any atom is -0.665 e. The summed E-state index contributed by atoms with van der Waals surface area (Å²) in [6.45, 7) is 5.14. The van der Waals surface area contributed by atoms with Gasteiger partial charge in [0.2, 0.25) is 0 Å². The molecule has 1 radical (unpaired) electrons. The van der Waals surface area contributed by atoms with Crippen LogP contribution in [-0.4, -0.2) is 35.1 Å². The van der Waals surface area contributed by atoms with Gasteiger partial charge < -0.3 is 29.5 Å². The fourth-order valence-corrected chi connectivity index (χ4v) is 4.30. The fourth-order valence-electron chi connectivity index (χ4n) is 4.30. The largest absolute Gasteiger partial charge is 0.665 e. The van der Waals surface area contributed by atoms with E-state index in [-0.39, 0.29) is 37.0 Å². The van der Waals surface area contributed by atoms with Crippen LogP contribution in [0, 0.1) is 7.11 Å². The summed E-state index contributed by atoms with van der Waals surface area (Å²) in [5.74, 6) is 7.94. The Hall–Kier alpha value is -3.59. The molecule has 0 fully saturated rings. The van der Waals surface area contributed by atoms with Crippen LogP contribution in [0.2, 0.25) is 0 Å². The first-order valence-electron chi connectivity index (χ1n) is 13.1. The molecule has 0 amide bonds. The molecular weight excluding hydrogens is 543 g/mol. The SMILES string of the molecule is [CH2-]Oc1ccc(/C(N)=C/N(N)C(Cc2ccccc2)/C(=C/CC)N(CCC(=O)OCC)Cc2ccco2)cc1.[V]. The van der Waals surface area contributed by atoms with E-state index in [0.29, 0.717) is 37.6 Å². The predicted octanol–water partition coefficient (Wildman–Crippen LogP) is 5.24. The van der Waals surface area contributed by atoms with Crippen molar-refractivity contribution in [2.75, 3.05) is 13.2 Å². The van der Waals surface area contributed by atoms with Crippen molar-refractivity contribution in [3.63, 3.8) is 0 Å². The number of nitrogens with two attached hydrogens (primary N) is 2. The first kappa shape index (κ1) is 32.6. The third-order valence-corrected chi connectivity index (χ3v) is 6.21. The van der Waals surface area contributed by atoms with Gasteiger partial charge in [-0.05, 0) is 67.3 Å². The smallest absolute Gasteiger partial charge is 0.307 e. The van der Waals surface area contributed by atoms with Crippen molar-refractivity contribution in [3.8, 4) is 5.75 Å². The number of carbonyl (C=O) groups is 1. The molecule has 0 saturated carbocycles. The molecule has 0 spiro atoms. The Morgan fingerprint density at radius 3 is 2.40 bits per heavy atom. The summed E-state index contributed by atoms with van der Waals surface area (Å²) in [5, 5.41) is 1.65. The first-order valence-corrected chi connectivity index (χ1v) is 13.1. The number of nitrogens with zero attached hydrogens (tertiary/aromatic N) is 2. The van der Waals surface area contributed by atoms with Crippen LogP contribution in [0.1, 0.15) is 43.6 Å². The summed E-state index contributed by atoms with van der Waals surface area (Å²) in [6.07, 6.45) is 7.16. The topological polar surface area (TPSA) is 107 Å².